The van der Waals surface area contributed by atoms with E-state index in [4.69, 9.17) is 5.26 Å². The van der Waals surface area contributed by atoms with E-state index in [2.05, 4.69) is 6.58 Å². The molecule has 0 aliphatic heterocycles. The van der Waals surface area contributed by atoms with E-state index in [1.54, 1.807) is 0 Å². The van der Waals surface area contributed by atoms with Crippen LogP contribution in [0.2, 0.25) is 0 Å². The molecule has 0 aromatic heterocycles. The molecule has 0 bridgehead atoms. The Balaban J connectivity index is 5.38. The number of nitriles is 1. The molecule has 0 heterocycles. The van der Waals surface area contributed by atoms with Crippen LogP contribution in [-0.2, 0) is 0 Å². The molecule has 0 saturated carbocycles. The quantitative estimate of drug-likeness (QED) is 0.542. The van der Waals surface area contributed by atoms with E-state index >= 15 is 0 Å². The van der Waals surface area contributed by atoms with Gasteiger partial charge in [-0.2, -0.15) is 31.6 Å². The lowest BCUT2D eigenvalue weighted by Gasteiger charge is -2.30. The Morgan fingerprint density at radius 3 is 1.80 bits per heavy atom. The van der Waals surface area contributed by atoms with Crippen LogP contribution in [0.5, 0.6) is 0 Å². The van der Waals surface area contributed by atoms with Crippen LogP contribution in [0, 0.1) is 11.3 Å². The summed E-state index contributed by atoms with van der Waals surface area (Å²) in [5.74, 6) is -17.1. The molecule has 0 radical (unpaired) electrons. The van der Waals surface area contributed by atoms with Gasteiger partial charge < -0.3 is 0 Å². The molecule has 0 aliphatic carbocycles. The summed E-state index contributed by atoms with van der Waals surface area (Å²) in [5, 5.41) is 7.66. The number of allylic oxidation sites excluding steroid dienone is 1. The van der Waals surface area contributed by atoms with Crippen molar-refractivity contribution in [1.29, 1.82) is 5.26 Å². The Kier molecular flexibility index (Phi) is 3.40. The molecule has 15 heavy (non-hydrogen) atoms. The first-order valence-corrected chi connectivity index (χ1v) is 3.35. The third-order valence-corrected chi connectivity index (χ3v) is 1.53. The minimum atomic E-state index is -6.02. The van der Waals surface area contributed by atoms with E-state index in [0.717, 1.165) is 0 Å². The molecule has 0 aromatic carbocycles. The number of rotatable bonds is 4. The Morgan fingerprint density at radius 2 is 1.53 bits per heavy atom. The molecule has 0 aromatic rings. The molecular formula is C7H4F7N. The Morgan fingerprint density at radius 1 is 1.13 bits per heavy atom. The first-order valence-electron chi connectivity index (χ1n) is 3.35. The molecule has 0 saturated heterocycles. The van der Waals surface area contributed by atoms with Crippen LogP contribution in [0.4, 0.5) is 30.7 Å². The van der Waals surface area contributed by atoms with Gasteiger partial charge in [0.25, 0.3) is 6.17 Å². The van der Waals surface area contributed by atoms with Gasteiger partial charge >= 0.3 is 17.8 Å². The molecule has 1 atom stereocenters. The van der Waals surface area contributed by atoms with Crippen molar-refractivity contribution in [1.82, 2.24) is 0 Å². The lowest BCUT2D eigenvalue weighted by atomic mass is 10.0. The van der Waals surface area contributed by atoms with E-state index < -0.39 is 30.0 Å². The number of hydrogen-bond donors (Lipinski definition) is 0. The Labute approximate surface area is 79.8 Å². The predicted octanol–water partition coefficient (Wildman–Crippen LogP) is 2.94. The first kappa shape index (κ1) is 13.7. The summed E-state index contributed by atoms with van der Waals surface area (Å²) in [6.45, 7) is 2.23. The van der Waals surface area contributed by atoms with E-state index in [1.165, 1.54) is 0 Å². The average Bonchev–Trinajstić information content (AvgIpc) is 2.15. The second-order valence-corrected chi connectivity index (χ2v) is 2.52. The summed E-state index contributed by atoms with van der Waals surface area (Å²) in [4.78, 5) is 0. The summed E-state index contributed by atoms with van der Waals surface area (Å²) in [6.07, 6.45) is -4.76. The number of hydrogen-bond acceptors (Lipinski definition) is 1. The van der Waals surface area contributed by atoms with E-state index in [0.29, 0.717) is 0 Å². The smallest absolute Gasteiger partial charge is 0.224 e. The number of alkyl halides is 7. The largest absolute Gasteiger partial charge is 0.379 e. The van der Waals surface area contributed by atoms with Crippen LogP contribution in [0.25, 0.3) is 0 Å². The van der Waals surface area contributed by atoms with Crippen molar-refractivity contribution >= 4 is 0 Å². The zero-order valence-corrected chi connectivity index (χ0v) is 6.95. The van der Waals surface area contributed by atoms with Crippen LogP contribution >= 0.6 is 0 Å². The molecule has 1 nitrogen and oxygen atoms in total. The molecular weight excluding hydrogens is 231 g/mol. The fourth-order valence-electron chi connectivity index (χ4n) is 0.591. The third-order valence-electron chi connectivity index (χ3n) is 1.53. The van der Waals surface area contributed by atoms with Gasteiger partial charge in [0.2, 0.25) is 0 Å². The average molecular weight is 235 g/mol. The maximum Gasteiger partial charge on any atom is 0.379 e. The van der Waals surface area contributed by atoms with Gasteiger partial charge in [-0.25, -0.2) is 4.39 Å². The second kappa shape index (κ2) is 3.72. The summed E-state index contributed by atoms with van der Waals surface area (Å²) in [5.41, 5.74) is 0. The highest BCUT2D eigenvalue weighted by Crippen LogP contribution is 2.48. The van der Waals surface area contributed by atoms with Gasteiger partial charge in [-0.1, -0.05) is 6.58 Å². The van der Waals surface area contributed by atoms with E-state index in [9.17, 15) is 30.7 Å². The van der Waals surface area contributed by atoms with Gasteiger partial charge in [0, 0.05) is 0 Å². The van der Waals surface area contributed by atoms with Crippen molar-refractivity contribution in [3.05, 3.63) is 12.7 Å². The highest BCUT2D eigenvalue weighted by Gasteiger charge is 2.73. The normalized spacial score (nSPS) is 15.6. The zero-order chi connectivity index (χ0) is 12.5. The van der Waals surface area contributed by atoms with E-state index in [1.807, 2.05) is 0 Å². The molecule has 86 valence electrons. The molecule has 0 aliphatic rings. The maximum absolute atomic E-state index is 12.5. The molecule has 1 unspecified atom stereocenters. The predicted molar refractivity (Wildman–Crippen MR) is 35.5 cm³/mol. The zero-order valence-electron chi connectivity index (χ0n) is 6.95. The van der Waals surface area contributed by atoms with Crippen LogP contribution in [0.15, 0.2) is 12.7 Å². The summed E-state index contributed by atoms with van der Waals surface area (Å²) in [6, 6.07) is 0.143. The first-order chi connectivity index (χ1) is 6.54. The van der Waals surface area contributed by atoms with Gasteiger partial charge in [0.15, 0.2) is 0 Å². The Bertz CT molecular complexity index is 290. The minimum absolute atomic E-state index is 0.143. The van der Waals surface area contributed by atoms with Crippen molar-refractivity contribution in [3.63, 3.8) is 0 Å². The SMILES string of the molecule is C=CC(F)(F)C(F)(F)C(F)(F)C(F)C#N. The fourth-order valence-corrected chi connectivity index (χ4v) is 0.591. The summed E-state index contributed by atoms with van der Waals surface area (Å²) >= 11 is 0. The van der Waals surface area contributed by atoms with Crippen molar-refractivity contribution < 1.29 is 30.7 Å². The van der Waals surface area contributed by atoms with Crippen molar-refractivity contribution in [2.45, 2.75) is 23.9 Å². The van der Waals surface area contributed by atoms with Gasteiger partial charge in [-0.05, 0) is 6.08 Å². The molecule has 0 rings (SSSR count). The molecule has 0 fully saturated rings. The molecule has 0 spiro atoms. The standard InChI is InChI=1S/C7H4F7N/c1-2-5(9,10)7(13,14)6(11,12)4(8)3-15/h2,4H,1H2. The monoisotopic (exact) mass is 235 g/mol. The summed E-state index contributed by atoms with van der Waals surface area (Å²) < 4.78 is 86.4. The number of nitrogens with zero attached hydrogens (tertiary/aromatic N) is 1. The molecule has 0 amide bonds. The van der Waals surface area contributed by atoms with Crippen molar-refractivity contribution in [3.8, 4) is 6.07 Å². The van der Waals surface area contributed by atoms with Gasteiger partial charge in [0.1, 0.15) is 6.07 Å². The Hall–Kier alpha value is -1.26. The third kappa shape index (κ3) is 1.91. The van der Waals surface area contributed by atoms with Gasteiger partial charge in [-0.3, -0.25) is 0 Å². The topological polar surface area (TPSA) is 23.8 Å². The highest BCUT2D eigenvalue weighted by atomic mass is 19.3. The van der Waals surface area contributed by atoms with Crippen molar-refractivity contribution in [2.75, 3.05) is 0 Å². The van der Waals surface area contributed by atoms with Gasteiger partial charge in [-0.15, -0.1) is 0 Å². The van der Waals surface area contributed by atoms with Crippen LogP contribution in [-0.4, -0.2) is 23.9 Å². The van der Waals surface area contributed by atoms with Crippen LogP contribution in [0.1, 0.15) is 0 Å². The highest BCUT2D eigenvalue weighted by molar-refractivity contribution is 5.11. The molecule has 8 heteroatoms. The van der Waals surface area contributed by atoms with Gasteiger partial charge in [0.05, 0.1) is 0 Å². The maximum atomic E-state index is 12.5. The van der Waals surface area contributed by atoms with E-state index in [-0.39, 0.29) is 6.07 Å². The van der Waals surface area contributed by atoms with Crippen LogP contribution < -0.4 is 0 Å². The second-order valence-electron chi connectivity index (χ2n) is 2.52. The minimum Gasteiger partial charge on any atom is -0.224 e. The fraction of sp³-hybridized carbons (Fsp3) is 0.571. The van der Waals surface area contributed by atoms with Crippen LogP contribution in [0.3, 0.4) is 0 Å². The van der Waals surface area contributed by atoms with Crippen molar-refractivity contribution in [2.24, 2.45) is 0 Å². The lowest BCUT2D eigenvalue weighted by Crippen LogP contribution is -2.57. The summed E-state index contributed by atoms with van der Waals surface area (Å²) in [7, 11) is 0. The molecule has 0 N–H and O–H groups in total. The lowest BCUT2D eigenvalue weighted by molar-refractivity contribution is -0.303. The number of halogens is 7.